The molecule has 3 rings (SSSR count). The molecular formula is C18H17ClN4OS2. The molecule has 0 saturated carbocycles. The second-order valence-corrected chi connectivity index (χ2v) is 8.41. The number of para-hydroxylation sites is 1. The summed E-state index contributed by atoms with van der Waals surface area (Å²) in [4.78, 5) is 12.3. The number of nitrogens with one attached hydrogen (secondary N) is 2. The molecule has 0 unspecified atom stereocenters. The van der Waals surface area contributed by atoms with Crippen LogP contribution >= 0.6 is 34.7 Å². The van der Waals surface area contributed by atoms with Crippen molar-refractivity contribution < 1.29 is 4.79 Å². The van der Waals surface area contributed by atoms with Gasteiger partial charge in [-0.25, -0.2) is 0 Å². The molecule has 0 bridgehead atoms. The molecule has 134 valence electrons. The number of thioether (sulfide) groups is 1. The molecule has 1 atom stereocenters. The van der Waals surface area contributed by atoms with Crippen molar-refractivity contribution in [2.75, 3.05) is 5.32 Å². The summed E-state index contributed by atoms with van der Waals surface area (Å²) >= 11 is 8.91. The minimum atomic E-state index is -0.282. The fourth-order valence-electron chi connectivity index (χ4n) is 2.13. The minimum Gasteiger partial charge on any atom is -0.351 e. The van der Waals surface area contributed by atoms with E-state index in [-0.39, 0.29) is 11.2 Å². The molecule has 2 N–H and O–H groups in total. The monoisotopic (exact) mass is 404 g/mol. The highest BCUT2D eigenvalue weighted by Gasteiger charge is 2.17. The Hall–Kier alpha value is -2.09. The van der Waals surface area contributed by atoms with Gasteiger partial charge in [0.1, 0.15) is 0 Å². The van der Waals surface area contributed by atoms with Gasteiger partial charge in [0.25, 0.3) is 0 Å². The third-order valence-electron chi connectivity index (χ3n) is 3.49. The van der Waals surface area contributed by atoms with Crippen molar-refractivity contribution in [3.8, 4) is 0 Å². The highest BCUT2D eigenvalue weighted by Crippen LogP contribution is 2.30. The van der Waals surface area contributed by atoms with E-state index in [0.717, 1.165) is 15.6 Å². The van der Waals surface area contributed by atoms with Gasteiger partial charge in [0.15, 0.2) is 4.34 Å². The molecular weight excluding hydrogens is 388 g/mol. The summed E-state index contributed by atoms with van der Waals surface area (Å²) in [5, 5.41) is 15.4. The highest BCUT2D eigenvalue weighted by atomic mass is 35.5. The second-order valence-electron chi connectivity index (χ2n) is 5.43. The molecule has 1 aromatic heterocycles. The average Bonchev–Trinajstić information content (AvgIpc) is 3.08. The molecule has 5 nitrogen and oxygen atoms in total. The standard InChI is InChI=1S/C18H17ClN4OS2/c1-12(16(24)20-11-13-7-5-6-10-15(13)19)25-18-23-22-17(26-18)21-14-8-3-2-4-9-14/h2-10,12H,11H2,1H3,(H,20,24)(H,21,22)/t12-/m1/s1. The Balaban J connectivity index is 1.52. The largest absolute Gasteiger partial charge is 0.351 e. The van der Waals surface area contributed by atoms with Crippen LogP contribution in [0.25, 0.3) is 0 Å². The molecule has 3 aromatic rings. The number of aromatic nitrogens is 2. The van der Waals surface area contributed by atoms with E-state index in [1.807, 2.05) is 61.5 Å². The van der Waals surface area contributed by atoms with Crippen LogP contribution in [0, 0.1) is 0 Å². The number of hydrogen-bond donors (Lipinski definition) is 2. The minimum absolute atomic E-state index is 0.0670. The van der Waals surface area contributed by atoms with Gasteiger partial charge in [0.05, 0.1) is 5.25 Å². The average molecular weight is 405 g/mol. The molecule has 0 radical (unpaired) electrons. The molecule has 0 aliphatic heterocycles. The van der Waals surface area contributed by atoms with E-state index < -0.39 is 0 Å². The van der Waals surface area contributed by atoms with Crippen LogP contribution in [0.2, 0.25) is 5.02 Å². The summed E-state index contributed by atoms with van der Waals surface area (Å²) in [7, 11) is 0. The summed E-state index contributed by atoms with van der Waals surface area (Å²) in [6, 6.07) is 17.2. The van der Waals surface area contributed by atoms with Gasteiger partial charge in [-0.15, -0.1) is 10.2 Å². The third-order valence-corrected chi connectivity index (χ3v) is 5.88. The van der Waals surface area contributed by atoms with Crippen molar-refractivity contribution in [2.45, 2.75) is 23.1 Å². The zero-order valence-corrected chi connectivity index (χ0v) is 16.4. The lowest BCUT2D eigenvalue weighted by Crippen LogP contribution is -2.30. The summed E-state index contributed by atoms with van der Waals surface area (Å²) < 4.78 is 0.740. The lowest BCUT2D eigenvalue weighted by Gasteiger charge is -2.11. The van der Waals surface area contributed by atoms with E-state index in [1.165, 1.54) is 23.1 Å². The Kier molecular flexibility index (Phi) is 6.49. The molecule has 26 heavy (non-hydrogen) atoms. The summed E-state index contributed by atoms with van der Waals surface area (Å²) in [5.41, 5.74) is 1.84. The van der Waals surface area contributed by atoms with Gasteiger partial charge in [0.2, 0.25) is 11.0 Å². The van der Waals surface area contributed by atoms with E-state index in [1.54, 1.807) is 0 Å². The fourth-order valence-corrected chi connectivity index (χ4v) is 4.27. The first-order valence-corrected chi connectivity index (χ1v) is 10.0. The summed E-state index contributed by atoms with van der Waals surface area (Å²) in [5.74, 6) is -0.0670. The maximum absolute atomic E-state index is 12.3. The first-order valence-electron chi connectivity index (χ1n) is 7.95. The normalized spacial score (nSPS) is 11.8. The van der Waals surface area contributed by atoms with E-state index in [2.05, 4.69) is 20.8 Å². The van der Waals surface area contributed by atoms with Gasteiger partial charge in [-0.3, -0.25) is 4.79 Å². The Morgan fingerprint density at radius 1 is 1.15 bits per heavy atom. The predicted octanol–water partition coefficient (Wildman–Crippen LogP) is 4.73. The number of rotatable bonds is 7. The molecule has 1 amide bonds. The quantitative estimate of drug-likeness (QED) is 0.557. The van der Waals surface area contributed by atoms with Crippen LogP contribution in [-0.2, 0) is 11.3 Å². The Bertz CT molecular complexity index is 872. The molecule has 0 saturated heterocycles. The van der Waals surface area contributed by atoms with Crippen LogP contribution in [0.3, 0.4) is 0 Å². The van der Waals surface area contributed by atoms with Crippen molar-refractivity contribution in [2.24, 2.45) is 0 Å². The van der Waals surface area contributed by atoms with Crippen molar-refractivity contribution >= 4 is 51.4 Å². The van der Waals surface area contributed by atoms with Crippen LogP contribution in [-0.4, -0.2) is 21.4 Å². The number of carbonyl (C=O) groups excluding carboxylic acids is 1. The lowest BCUT2D eigenvalue weighted by molar-refractivity contribution is -0.120. The number of amides is 1. The van der Waals surface area contributed by atoms with Crippen molar-refractivity contribution in [1.82, 2.24) is 15.5 Å². The molecule has 8 heteroatoms. The Morgan fingerprint density at radius 2 is 1.88 bits per heavy atom. The van der Waals surface area contributed by atoms with Crippen LogP contribution in [0.4, 0.5) is 10.8 Å². The van der Waals surface area contributed by atoms with Gasteiger partial charge >= 0.3 is 0 Å². The van der Waals surface area contributed by atoms with E-state index in [9.17, 15) is 4.79 Å². The fraction of sp³-hybridized carbons (Fsp3) is 0.167. The molecule has 1 heterocycles. The second kappa shape index (κ2) is 9.02. The number of halogens is 1. The molecule has 0 aliphatic carbocycles. The molecule has 0 aliphatic rings. The maximum Gasteiger partial charge on any atom is 0.233 e. The Labute approximate surface area is 165 Å². The Morgan fingerprint density at radius 3 is 2.65 bits per heavy atom. The molecule has 2 aromatic carbocycles. The number of benzene rings is 2. The molecule has 0 spiro atoms. The van der Waals surface area contributed by atoms with Crippen LogP contribution < -0.4 is 10.6 Å². The van der Waals surface area contributed by atoms with E-state index in [0.29, 0.717) is 16.7 Å². The van der Waals surface area contributed by atoms with Gasteiger partial charge in [-0.05, 0) is 30.7 Å². The van der Waals surface area contributed by atoms with Crippen molar-refractivity contribution in [1.29, 1.82) is 0 Å². The maximum atomic E-state index is 12.3. The van der Waals surface area contributed by atoms with Crippen LogP contribution in [0.15, 0.2) is 58.9 Å². The molecule has 0 fully saturated rings. The number of carbonyl (C=O) groups is 1. The predicted molar refractivity (Wildman–Crippen MR) is 108 cm³/mol. The first-order chi connectivity index (χ1) is 12.6. The lowest BCUT2D eigenvalue weighted by atomic mass is 10.2. The third kappa shape index (κ3) is 5.20. The SMILES string of the molecule is C[C@@H](Sc1nnc(Nc2ccccc2)s1)C(=O)NCc1ccccc1Cl. The van der Waals surface area contributed by atoms with Crippen LogP contribution in [0.1, 0.15) is 12.5 Å². The summed E-state index contributed by atoms with van der Waals surface area (Å²) in [6.07, 6.45) is 0. The zero-order chi connectivity index (χ0) is 18.4. The van der Waals surface area contributed by atoms with Gasteiger partial charge < -0.3 is 10.6 Å². The number of nitrogens with zero attached hydrogens (tertiary/aromatic N) is 2. The van der Waals surface area contributed by atoms with Crippen molar-refractivity contribution in [3.63, 3.8) is 0 Å². The van der Waals surface area contributed by atoms with Gasteiger partial charge in [-0.1, -0.05) is 71.1 Å². The topological polar surface area (TPSA) is 66.9 Å². The van der Waals surface area contributed by atoms with E-state index in [4.69, 9.17) is 11.6 Å². The smallest absolute Gasteiger partial charge is 0.233 e. The number of hydrogen-bond acceptors (Lipinski definition) is 6. The zero-order valence-electron chi connectivity index (χ0n) is 14.0. The first kappa shape index (κ1) is 18.7. The van der Waals surface area contributed by atoms with E-state index >= 15 is 0 Å². The van der Waals surface area contributed by atoms with Gasteiger partial charge in [-0.2, -0.15) is 0 Å². The van der Waals surface area contributed by atoms with Gasteiger partial charge in [0, 0.05) is 17.3 Å². The number of anilines is 2. The van der Waals surface area contributed by atoms with Crippen LogP contribution in [0.5, 0.6) is 0 Å². The highest BCUT2D eigenvalue weighted by molar-refractivity contribution is 8.02. The van der Waals surface area contributed by atoms with Crippen molar-refractivity contribution in [3.05, 3.63) is 65.2 Å². The summed E-state index contributed by atoms with van der Waals surface area (Å²) in [6.45, 7) is 2.25.